The van der Waals surface area contributed by atoms with Gasteiger partial charge in [0.1, 0.15) is 12.4 Å². The Bertz CT molecular complexity index is 999. The number of nitrogens with one attached hydrogen (secondary N) is 2. The summed E-state index contributed by atoms with van der Waals surface area (Å²) in [7, 11) is -3.58. The molecule has 0 fully saturated rings. The van der Waals surface area contributed by atoms with Gasteiger partial charge in [0, 0.05) is 5.56 Å². The number of amidine groups is 1. The zero-order valence-corrected chi connectivity index (χ0v) is 14.9. The molecule has 2 aromatic carbocycles. The average Bonchev–Trinajstić information content (AvgIpc) is 2.91. The standard InChI is InChI=1S/C19H19N3O3S/c23-18(21-16-10-5-7-13-6-1-2-8-14(13)16)12-20-19-15-9-3-4-11-17(15)26(24,25)22-19/h1-4,6,8-9,11,16H,5,7,10,12H2,(H,20,22)(H,21,23)/t16-/m1/s1. The molecule has 0 saturated carbocycles. The van der Waals surface area contributed by atoms with E-state index in [0.717, 1.165) is 24.8 Å². The van der Waals surface area contributed by atoms with E-state index in [1.54, 1.807) is 18.2 Å². The van der Waals surface area contributed by atoms with Crippen LogP contribution in [0, 0.1) is 0 Å². The lowest BCUT2D eigenvalue weighted by Gasteiger charge is -2.26. The Hall–Kier alpha value is -2.67. The molecule has 7 heteroatoms. The van der Waals surface area contributed by atoms with Gasteiger partial charge in [-0.3, -0.25) is 14.5 Å². The predicted octanol–water partition coefficient (Wildman–Crippen LogP) is 1.92. The molecule has 1 heterocycles. The van der Waals surface area contributed by atoms with E-state index in [-0.39, 0.29) is 29.2 Å². The molecule has 2 aromatic rings. The van der Waals surface area contributed by atoms with Crippen molar-refractivity contribution < 1.29 is 13.2 Å². The van der Waals surface area contributed by atoms with Crippen LogP contribution >= 0.6 is 0 Å². The number of aliphatic imine (C=N–C) groups is 1. The summed E-state index contributed by atoms with van der Waals surface area (Å²) < 4.78 is 26.6. The topological polar surface area (TPSA) is 87.6 Å². The molecule has 0 spiro atoms. The summed E-state index contributed by atoms with van der Waals surface area (Å²) in [5.41, 5.74) is 2.93. The summed E-state index contributed by atoms with van der Waals surface area (Å²) in [4.78, 5) is 16.7. The minimum atomic E-state index is -3.58. The Morgan fingerprint density at radius 3 is 2.81 bits per heavy atom. The van der Waals surface area contributed by atoms with E-state index >= 15 is 0 Å². The van der Waals surface area contributed by atoms with Crippen LogP contribution in [0.15, 0.2) is 58.4 Å². The van der Waals surface area contributed by atoms with Crippen LogP contribution in [0.2, 0.25) is 0 Å². The molecule has 0 unspecified atom stereocenters. The highest BCUT2D eigenvalue weighted by atomic mass is 32.2. The number of benzene rings is 2. The van der Waals surface area contributed by atoms with Crippen molar-refractivity contribution >= 4 is 21.8 Å². The van der Waals surface area contributed by atoms with Crippen molar-refractivity contribution in [2.45, 2.75) is 30.2 Å². The van der Waals surface area contributed by atoms with Crippen LogP contribution in [0.3, 0.4) is 0 Å². The molecule has 6 nitrogen and oxygen atoms in total. The van der Waals surface area contributed by atoms with E-state index in [0.29, 0.717) is 5.56 Å². The van der Waals surface area contributed by atoms with E-state index in [2.05, 4.69) is 21.1 Å². The van der Waals surface area contributed by atoms with Crippen molar-refractivity contribution in [3.63, 3.8) is 0 Å². The van der Waals surface area contributed by atoms with Gasteiger partial charge in [0.15, 0.2) is 0 Å². The lowest BCUT2D eigenvalue weighted by molar-refractivity contribution is -0.120. The summed E-state index contributed by atoms with van der Waals surface area (Å²) in [6, 6.07) is 14.7. The predicted molar refractivity (Wildman–Crippen MR) is 98.4 cm³/mol. The fourth-order valence-corrected chi connectivity index (χ4v) is 4.80. The number of carbonyl (C=O) groups is 1. The molecule has 1 aliphatic carbocycles. The third-order valence-corrected chi connectivity index (χ3v) is 6.15. The highest BCUT2D eigenvalue weighted by Gasteiger charge is 2.30. The molecule has 134 valence electrons. The van der Waals surface area contributed by atoms with E-state index in [4.69, 9.17) is 0 Å². The zero-order chi connectivity index (χ0) is 18.1. The molecule has 0 bridgehead atoms. The van der Waals surface area contributed by atoms with Gasteiger partial charge in [-0.25, -0.2) is 8.42 Å². The number of amides is 1. The molecule has 0 saturated heterocycles. The minimum Gasteiger partial charge on any atom is -0.348 e. The van der Waals surface area contributed by atoms with Crippen LogP contribution < -0.4 is 10.0 Å². The highest BCUT2D eigenvalue weighted by Crippen LogP contribution is 2.29. The van der Waals surface area contributed by atoms with Gasteiger partial charge < -0.3 is 5.32 Å². The third-order valence-electron chi connectivity index (χ3n) is 4.75. The molecule has 4 rings (SSSR count). The highest BCUT2D eigenvalue weighted by molar-refractivity contribution is 7.90. The largest absolute Gasteiger partial charge is 0.348 e. The van der Waals surface area contributed by atoms with Crippen LogP contribution in [0.25, 0.3) is 0 Å². The monoisotopic (exact) mass is 369 g/mol. The third kappa shape index (κ3) is 3.10. The first-order chi connectivity index (χ1) is 12.5. The summed E-state index contributed by atoms with van der Waals surface area (Å²) in [5.74, 6) is 0.00239. The van der Waals surface area contributed by atoms with Gasteiger partial charge in [-0.05, 0) is 42.5 Å². The molecule has 1 atom stereocenters. The van der Waals surface area contributed by atoms with Crippen molar-refractivity contribution in [1.82, 2.24) is 10.0 Å². The van der Waals surface area contributed by atoms with E-state index in [9.17, 15) is 13.2 Å². The summed E-state index contributed by atoms with van der Waals surface area (Å²) in [6.45, 7) is -0.120. The molecule has 2 N–H and O–H groups in total. The lowest BCUT2D eigenvalue weighted by Crippen LogP contribution is -2.33. The number of sulfonamides is 1. The van der Waals surface area contributed by atoms with E-state index in [1.807, 2.05) is 18.2 Å². The van der Waals surface area contributed by atoms with Crippen molar-refractivity contribution in [2.75, 3.05) is 6.54 Å². The smallest absolute Gasteiger partial charge is 0.263 e. The number of rotatable bonds is 3. The normalized spacial score (nSPS) is 21.5. The number of nitrogens with zero attached hydrogens (tertiary/aromatic N) is 1. The SMILES string of the molecule is O=C(CN=C1NS(=O)(=O)c2ccccc21)N[C@@H]1CCCc2ccccc21. The van der Waals surface area contributed by atoms with E-state index < -0.39 is 10.0 Å². The minimum absolute atomic E-state index is 0.0137. The summed E-state index contributed by atoms with van der Waals surface area (Å²) in [6.07, 6.45) is 2.96. The number of carbonyl (C=O) groups excluding carboxylic acids is 1. The fraction of sp³-hybridized carbons (Fsp3) is 0.263. The Balaban J connectivity index is 1.48. The Labute approximate surface area is 152 Å². The lowest BCUT2D eigenvalue weighted by atomic mass is 9.88. The molecule has 0 radical (unpaired) electrons. The maximum Gasteiger partial charge on any atom is 0.263 e. The van der Waals surface area contributed by atoms with Gasteiger partial charge in [-0.2, -0.15) is 0 Å². The van der Waals surface area contributed by atoms with E-state index in [1.165, 1.54) is 11.6 Å². The summed E-state index contributed by atoms with van der Waals surface area (Å²) in [5, 5.41) is 3.02. The summed E-state index contributed by atoms with van der Waals surface area (Å²) >= 11 is 0. The van der Waals surface area contributed by atoms with Gasteiger partial charge in [0.2, 0.25) is 5.91 Å². The molecule has 1 amide bonds. The molecule has 2 aliphatic rings. The molecular weight excluding hydrogens is 350 g/mol. The van der Waals surface area contributed by atoms with Crippen LogP contribution in [-0.2, 0) is 21.2 Å². The second-order valence-corrected chi connectivity index (χ2v) is 8.13. The second kappa shape index (κ2) is 6.57. The first kappa shape index (κ1) is 16.8. The molecular formula is C19H19N3O3S. The Morgan fingerprint density at radius 1 is 1.15 bits per heavy atom. The zero-order valence-electron chi connectivity index (χ0n) is 14.1. The van der Waals surface area contributed by atoms with Crippen LogP contribution in [-0.4, -0.2) is 26.7 Å². The van der Waals surface area contributed by atoms with Crippen molar-refractivity contribution in [3.05, 3.63) is 65.2 Å². The fourth-order valence-electron chi connectivity index (χ4n) is 3.55. The van der Waals surface area contributed by atoms with Gasteiger partial charge in [0.25, 0.3) is 10.0 Å². The van der Waals surface area contributed by atoms with Crippen LogP contribution in [0.4, 0.5) is 0 Å². The maximum absolute atomic E-state index is 12.4. The first-order valence-electron chi connectivity index (χ1n) is 8.58. The number of hydrogen-bond acceptors (Lipinski definition) is 4. The van der Waals surface area contributed by atoms with Gasteiger partial charge in [-0.15, -0.1) is 0 Å². The van der Waals surface area contributed by atoms with Gasteiger partial charge >= 0.3 is 0 Å². The second-order valence-electron chi connectivity index (χ2n) is 6.48. The maximum atomic E-state index is 12.4. The number of hydrogen-bond donors (Lipinski definition) is 2. The average molecular weight is 369 g/mol. The number of fused-ring (bicyclic) bond motifs is 2. The van der Waals surface area contributed by atoms with Crippen molar-refractivity contribution in [1.29, 1.82) is 0 Å². The molecule has 26 heavy (non-hydrogen) atoms. The first-order valence-corrected chi connectivity index (χ1v) is 10.1. The van der Waals surface area contributed by atoms with Gasteiger partial charge in [0.05, 0.1) is 10.9 Å². The van der Waals surface area contributed by atoms with Crippen molar-refractivity contribution in [2.24, 2.45) is 4.99 Å². The van der Waals surface area contributed by atoms with Crippen molar-refractivity contribution in [3.8, 4) is 0 Å². The molecule has 1 aliphatic heterocycles. The number of aryl methyl sites for hydroxylation is 1. The van der Waals surface area contributed by atoms with Crippen LogP contribution in [0.5, 0.6) is 0 Å². The van der Waals surface area contributed by atoms with Crippen LogP contribution in [0.1, 0.15) is 35.6 Å². The molecule has 0 aromatic heterocycles. The quantitative estimate of drug-likeness (QED) is 0.866. The Kier molecular flexibility index (Phi) is 4.24. The van der Waals surface area contributed by atoms with Gasteiger partial charge in [-0.1, -0.05) is 36.4 Å². The Morgan fingerprint density at radius 2 is 1.92 bits per heavy atom.